The average molecular weight is 401 g/mol. The van der Waals surface area contributed by atoms with E-state index in [4.69, 9.17) is 18.6 Å². The van der Waals surface area contributed by atoms with E-state index in [0.717, 1.165) is 0 Å². The summed E-state index contributed by atoms with van der Waals surface area (Å²) in [5.74, 6) is 2.44. The van der Waals surface area contributed by atoms with Crippen LogP contribution in [0.25, 0.3) is 5.31 Å². The van der Waals surface area contributed by atoms with Crippen molar-refractivity contribution in [1.29, 1.82) is 0 Å². The van der Waals surface area contributed by atoms with Crippen molar-refractivity contribution in [3.05, 3.63) is 68.3 Å². The van der Waals surface area contributed by atoms with Crippen molar-refractivity contribution in [1.82, 2.24) is 4.67 Å². The summed E-state index contributed by atoms with van der Waals surface area (Å²) in [5, 5.41) is 1.55. The molecule has 25 heavy (non-hydrogen) atoms. The fourth-order valence-corrected chi connectivity index (χ4v) is 4.46. The van der Waals surface area contributed by atoms with Crippen molar-refractivity contribution in [3.63, 3.8) is 0 Å². The maximum atomic E-state index is 7.50. The molecule has 0 aliphatic carbocycles. The summed E-state index contributed by atoms with van der Waals surface area (Å²) in [7, 11) is -0.108. The molecule has 1 aliphatic heterocycles. The summed E-state index contributed by atoms with van der Waals surface area (Å²) in [6.45, 7) is 27.2. The minimum Gasteiger partial charge on any atom is 0 e. The van der Waals surface area contributed by atoms with E-state index in [1.54, 1.807) is 5.31 Å². The summed E-state index contributed by atoms with van der Waals surface area (Å²) >= 11 is 0. The molecule has 0 radical (unpaired) electrons. The van der Waals surface area contributed by atoms with Crippen molar-refractivity contribution in [2.45, 2.75) is 39.8 Å². The average Bonchev–Trinajstić information content (AvgIpc) is 3.42. The zero-order valence-corrected chi connectivity index (χ0v) is 16.5. The molecular formula is C18H20FeNO4P. The predicted octanol–water partition coefficient (Wildman–Crippen LogP) is 4.36. The third-order valence-corrected chi connectivity index (χ3v) is 5.33. The Morgan fingerprint density at radius 2 is 1.12 bits per heavy atom. The molecule has 1 aromatic carbocycles. The zero-order valence-electron chi connectivity index (χ0n) is 14.5. The van der Waals surface area contributed by atoms with E-state index >= 15 is 0 Å². The van der Waals surface area contributed by atoms with E-state index in [1.165, 1.54) is 5.56 Å². The fraction of sp³-hybridized carbons (Fsp3) is 0.333. The van der Waals surface area contributed by atoms with Gasteiger partial charge in [-0.3, -0.25) is 4.67 Å². The molecule has 1 aromatic rings. The van der Waals surface area contributed by atoms with Gasteiger partial charge in [-0.2, -0.15) is 0 Å². The Bertz CT molecular complexity index is 518. The van der Waals surface area contributed by atoms with E-state index in [2.05, 4.69) is 95.1 Å². The Balaban J connectivity index is -0.000000217. The summed E-state index contributed by atoms with van der Waals surface area (Å²) in [6, 6.07) is 12.0. The van der Waals surface area contributed by atoms with Crippen LogP contribution in [-0.2, 0) is 35.7 Å². The van der Waals surface area contributed by atoms with Crippen molar-refractivity contribution >= 4 is 13.4 Å². The van der Waals surface area contributed by atoms with Crippen LogP contribution in [0.1, 0.15) is 33.3 Å². The third-order valence-electron chi connectivity index (χ3n) is 2.80. The molecule has 0 fully saturated rings. The molecular weight excluding hydrogens is 381 g/mol. The molecule has 0 amide bonds. The number of hydrogen-bond donors (Lipinski definition) is 0. The molecule has 0 aromatic heterocycles. The van der Waals surface area contributed by atoms with Gasteiger partial charge in [-0.1, -0.05) is 30.3 Å². The molecule has 0 saturated heterocycles. The monoisotopic (exact) mass is 401 g/mol. The second kappa shape index (κ2) is 20.9. The molecule has 0 bridgehead atoms. The molecule has 0 unspecified atom stereocenters. The topological polar surface area (TPSA) is 82.8 Å². The van der Waals surface area contributed by atoms with Gasteiger partial charge in [0.05, 0.1) is 0 Å². The van der Waals surface area contributed by atoms with Gasteiger partial charge >= 0.3 is 45.2 Å². The molecule has 7 heteroatoms. The van der Waals surface area contributed by atoms with Gasteiger partial charge < -0.3 is 0 Å². The first-order valence-electron chi connectivity index (χ1n) is 6.77. The largest absolute Gasteiger partial charge is 0 e. The molecule has 0 saturated carbocycles. The molecule has 1 heterocycles. The van der Waals surface area contributed by atoms with Crippen LogP contribution >= 0.6 is 8.07 Å². The van der Waals surface area contributed by atoms with Gasteiger partial charge in [0, 0.05) is 42.5 Å². The summed E-state index contributed by atoms with van der Waals surface area (Å²) in [5.41, 5.74) is 1.40. The summed E-state index contributed by atoms with van der Waals surface area (Å²) in [6.07, 6.45) is 0. The molecule has 0 N–H and O–H groups in total. The smallest absolute Gasteiger partial charge is 0 e. The molecule has 5 nitrogen and oxygen atoms in total. The van der Waals surface area contributed by atoms with Crippen molar-refractivity contribution in [3.8, 4) is 0 Å². The van der Waals surface area contributed by atoms with E-state index < -0.39 is 0 Å². The van der Waals surface area contributed by atoms with Crippen LogP contribution in [0.2, 0.25) is 0 Å². The zero-order chi connectivity index (χ0) is 19.7. The van der Waals surface area contributed by atoms with Gasteiger partial charge in [-0.05, 0) is 39.1 Å². The van der Waals surface area contributed by atoms with Crippen LogP contribution in [0.15, 0.2) is 36.1 Å². The normalized spacial score (nSPS) is 12.8. The van der Waals surface area contributed by atoms with Gasteiger partial charge in [-0.15, -0.1) is 0 Å². The standard InChI is InChI=1S/C14H20NP.4CO.Fe/c1-11(2)15(12(3)4)16-10-14(16)13-8-6-5-7-9-13;4*1-2;/h5-12H,1-4H3;;;;;/t16-;;;;;/m1...../s1. The number of hydrogen-bond acceptors (Lipinski definition) is 1. The van der Waals surface area contributed by atoms with E-state index in [-0.39, 0.29) is 25.1 Å². The van der Waals surface area contributed by atoms with Gasteiger partial charge in [0.2, 0.25) is 0 Å². The Kier molecular flexibility index (Phi) is 26.4. The van der Waals surface area contributed by atoms with Gasteiger partial charge in [0.15, 0.2) is 0 Å². The molecule has 1 atom stereocenters. The molecule has 1 aliphatic rings. The SMILES string of the molecule is CC(C)N(C(C)C)[P@]1C=C1c1ccccc1.[C-]#[O+].[C-]#[O+].[C-]#[O+].[C-]#[O+].[Fe]. The number of rotatable bonds is 4. The van der Waals surface area contributed by atoms with Crippen molar-refractivity contribution < 1.29 is 35.7 Å². The van der Waals surface area contributed by atoms with Crippen LogP contribution in [0, 0.1) is 26.6 Å². The third kappa shape index (κ3) is 11.9. The maximum absolute atomic E-state index is 7.50. The van der Waals surface area contributed by atoms with Crippen LogP contribution in [0.4, 0.5) is 0 Å². The Morgan fingerprint density at radius 3 is 1.44 bits per heavy atom. The predicted molar refractivity (Wildman–Crippen MR) is 89.2 cm³/mol. The van der Waals surface area contributed by atoms with E-state index in [9.17, 15) is 0 Å². The van der Waals surface area contributed by atoms with Crippen LogP contribution in [0.3, 0.4) is 0 Å². The fourth-order valence-electron chi connectivity index (χ4n) is 2.19. The molecule has 134 valence electrons. The summed E-state index contributed by atoms with van der Waals surface area (Å²) in [4.78, 5) is 0. The Morgan fingerprint density at radius 1 is 0.760 bits per heavy atom. The Labute approximate surface area is 162 Å². The molecule has 2 rings (SSSR count). The quantitative estimate of drug-likeness (QED) is 0.319. The van der Waals surface area contributed by atoms with E-state index in [1.807, 2.05) is 0 Å². The van der Waals surface area contributed by atoms with Crippen LogP contribution in [0.5, 0.6) is 0 Å². The maximum Gasteiger partial charge on any atom is 0 e. The van der Waals surface area contributed by atoms with Crippen LogP contribution < -0.4 is 0 Å². The second-order valence-corrected chi connectivity index (χ2v) is 6.68. The van der Waals surface area contributed by atoms with Gasteiger partial charge in [-0.25, -0.2) is 0 Å². The summed E-state index contributed by atoms with van der Waals surface area (Å²) < 4.78 is 32.6. The minimum atomic E-state index is -0.108. The first-order valence-corrected chi connectivity index (χ1v) is 8.14. The number of nitrogens with zero attached hydrogens (tertiary/aromatic N) is 1. The van der Waals surface area contributed by atoms with E-state index in [0.29, 0.717) is 12.1 Å². The number of benzene rings is 1. The van der Waals surface area contributed by atoms with Gasteiger partial charge in [0.1, 0.15) is 0 Å². The van der Waals surface area contributed by atoms with Crippen molar-refractivity contribution in [2.75, 3.05) is 0 Å². The first kappa shape index (κ1) is 31.6. The van der Waals surface area contributed by atoms with Crippen LogP contribution in [-0.4, -0.2) is 16.8 Å². The molecule has 0 spiro atoms. The second-order valence-electron chi connectivity index (χ2n) is 4.79. The van der Waals surface area contributed by atoms with Crippen molar-refractivity contribution in [2.24, 2.45) is 0 Å². The Hall–Kier alpha value is -1.17. The first-order chi connectivity index (χ1) is 11.6. The minimum absolute atomic E-state index is 0. The van der Waals surface area contributed by atoms with Gasteiger partial charge in [0.25, 0.3) is 0 Å².